The van der Waals surface area contributed by atoms with E-state index in [-0.39, 0.29) is 54.7 Å². The topological polar surface area (TPSA) is 93.7 Å². The second-order valence-corrected chi connectivity index (χ2v) is 12.9. The van der Waals surface area contributed by atoms with Crippen LogP contribution in [0, 0.1) is 0 Å². The van der Waals surface area contributed by atoms with Crippen LogP contribution >= 0.6 is 0 Å². The molecule has 0 saturated carbocycles. The van der Waals surface area contributed by atoms with Crippen molar-refractivity contribution in [3.05, 3.63) is 0 Å². The summed E-state index contributed by atoms with van der Waals surface area (Å²) in [6, 6.07) is -0.216. The van der Waals surface area contributed by atoms with E-state index in [0.29, 0.717) is 52.3 Å². The highest BCUT2D eigenvalue weighted by atomic mass is 16.8. The first kappa shape index (κ1) is 39.4. The van der Waals surface area contributed by atoms with Gasteiger partial charge in [-0.15, -0.1) is 0 Å². The van der Waals surface area contributed by atoms with Gasteiger partial charge in [-0.2, -0.15) is 0 Å². The van der Waals surface area contributed by atoms with Crippen LogP contribution in [0.5, 0.6) is 0 Å². The van der Waals surface area contributed by atoms with Crippen molar-refractivity contribution in [2.24, 2.45) is 0 Å². The SMILES string of the molecule is CCCCOC[C@H]1O[C@H](CC[C@H](NC(=O)CC)[C@@H]2OC(C)(C)O[C@@H]2CC)[C@H](OCCCC)[C@@H](OCCCC)[C@H]1OCCCC. The Balaban J connectivity index is 2.37. The predicted molar refractivity (Wildman–Crippen MR) is 174 cm³/mol. The molecule has 2 saturated heterocycles. The molecule has 0 aliphatic carbocycles. The highest BCUT2D eigenvalue weighted by Crippen LogP contribution is 2.35. The first-order valence-electron chi connectivity index (χ1n) is 18.0. The zero-order valence-electron chi connectivity index (χ0n) is 29.4. The molecule has 0 bridgehead atoms. The maximum atomic E-state index is 12.7. The molecule has 0 spiro atoms. The third kappa shape index (κ3) is 13.1. The lowest BCUT2D eigenvalue weighted by Gasteiger charge is -2.47. The fraction of sp³-hybridized carbons (Fsp3) is 0.971. The van der Waals surface area contributed by atoms with E-state index in [0.717, 1.165) is 57.8 Å². The van der Waals surface area contributed by atoms with Gasteiger partial charge >= 0.3 is 0 Å². The monoisotopic (exact) mass is 629 g/mol. The lowest BCUT2D eigenvalue weighted by Crippen LogP contribution is -2.61. The summed E-state index contributed by atoms with van der Waals surface area (Å²) in [5, 5.41) is 3.25. The number of nitrogens with one attached hydrogen (secondary N) is 1. The van der Waals surface area contributed by atoms with Crippen molar-refractivity contribution in [3.8, 4) is 0 Å². The zero-order chi connectivity index (χ0) is 32.4. The lowest BCUT2D eigenvalue weighted by molar-refractivity contribution is -0.267. The van der Waals surface area contributed by atoms with Crippen LogP contribution in [0.15, 0.2) is 0 Å². The molecule has 44 heavy (non-hydrogen) atoms. The number of hydrogen-bond acceptors (Lipinski definition) is 8. The number of carbonyl (C=O) groups excluding carboxylic acids is 1. The summed E-state index contributed by atoms with van der Waals surface area (Å²) in [5.41, 5.74) is 0. The minimum absolute atomic E-state index is 0.00540. The van der Waals surface area contributed by atoms with Gasteiger partial charge in [0.1, 0.15) is 30.5 Å². The van der Waals surface area contributed by atoms with E-state index in [9.17, 15) is 4.79 Å². The molecule has 0 aromatic carbocycles. The zero-order valence-corrected chi connectivity index (χ0v) is 29.4. The van der Waals surface area contributed by atoms with E-state index in [4.69, 9.17) is 33.2 Å². The van der Waals surface area contributed by atoms with Gasteiger partial charge in [-0.3, -0.25) is 4.79 Å². The van der Waals surface area contributed by atoms with Crippen molar-refractivity contribution < 1.29 is 38.0 Å². The van der Waals surface area contributed by atoms with E-state index in [1.165, 1.54) is 0 Å². The van der Waals surface area contributed by atoms with Gasteiger partial charge in [0.15, 0.2) is 5.79 Å². The lowest BCUT2D eigenvalue weighted by atomic mass is 9.89. The summed E-state index contributed by atoms with van der Waals surface area (Å²) in [6.07, 6.45) is 8.98. The molecule has 2 rings (SSSR count). The van der Waals surface area contributed by atoms with Crippen LogP contribution in [0.25, 0.3) is 0 Å². The van der Waals surface area contributed by atoms with Gasteiger partial charge in [-0.1, -0.05) is 67.2 Å². The fourth-order valence-corrected chi connectivity index (χ4v) is 5.98. The van der Waals surface area contributed by atoms with Gasteiger partial charge in [-0.05, 0) is 58.8 Å². The normalized spacial score (nSPS) is 29.1. The van der Waals surface area contributed by atoms with Crippen molar-refractivity contribution in [2.75, 3.05) is 33.0 Å². The standard InChI is InChI=1S/C35H67NO8/c1-9-15-21-38-25-29-33(40-23-17-11-3)34(41-24-18-12-4)32(39-22-16-10-2)28(42-29)20-19-26(36-30(37)14-6)31-27(13-5)43-35(7,8)44-31/h26-29,31-34H,9-25H2,1-8H3,(H,36,37)/t26-,27+,28+,29+,31-,32-,33-,34+/m0/s1. The summed E-state index contributed by atoms with van der Waals surface area (Å²) in [5.74, 6) is -0.693. The number of ether oxygens (including phenoxy) is 7. The van der Waals surface area contributed by atoms with E-state index in [1.54, 1.807) is 0 Å². The van der Waals surface area contributed by atoms with E-state index >= 15 is 0 Å². The first-order chi connectivity index (χ1) is 21.2. The third-order valence-electron chi connectivity index (χ3n) is 8.53. The summed E-state index contributed by atoms with van der Waals surface area (Å²) >= 11 is 0. The van der Waals surface area contributed by atoms with Crippen LogP contribution in [0.1, 0.15) is 132 Å². The number of rotatable bonds is 24. The number of amides is 1. The Hall–Kier alpha value is -0.810. The molecule has 2 heterocycles. The van der Waals surface area contributed by atoms with Gasteiger partial charge in [0, 0.05) is 32.8 Å². The Kier molecular flexibility index (Phi) is 19.6. The van der Waals surface area contributed by atoms with Gasteiger partial charge in [0.25, 0.3) is 0 Å². The molecule has 0 aromatic heterocycles. The largest absolute Gasteiger partial charge is 0.379 e. The molecule has 260 valence electrons. The highest BCUT2D eigenvalue weighted by Gasteiger charge is 2.49. The molecular weight excluding hydrogens is 562 g/mol. The van der Waals surface area contributed by atoms with Crippen molar-refractivity contribution >= 4 is 5.91 Å². The Labute approximate surface area is 269 Å². The molecule has 9 heteroatoms. The van der Waals surface area contributed by atoms with Crippen molar-refractivity contribution in [3.63, 3.8) is 0 Å². The molecule has 1 amide bonds. The molecule has 2 aliphatic heterocycles. The highest BCUT2D eigenvalue weighted by molar-refractivity contribution is 5.75. The van der Waals surface area contributed by atoms with Crippen molar-refractivity contribution in [1.82, 2.24) is 5.32 Å². The minimum Gasteiger partial charge on any atom is -0.379 e. The van der Waals surface area contributed by atoms with E-state index in [2.05, 4.69) is 39.9 Å². The van der Waals surface area contributed by atoms with Gasteiger partial charge < -0.3 is 38.5 Å². The minimum atomic E-state index is -0.699. The summed E-state index contributed by atoms with van der Waals surface area (Å²) in [7, 11) is 0. The fourth-order valence-electron chi connectivity index (χ4n) is 5.98. The van der Waals surface area contributed by atoms with Crippen LogP contribution in [0.2, 0.25) is 0 Å². The van der Waals surface area contributed by atoms with Crippen molar-refractivity contribution in [2.45, 2.75) is 187 Å². The molecule has 0 unspecified atom stereocenters. The maximum absolute atomic E-state index is 12.7. The Morgan fingerprint density at radius 3 is 1.82 bits per heavy atom. The molecule has 1 N–H and O–H groups in total. The number of unbranched alkanes of at least 4 members (excludes halogenated alkanes) is 4. The third-order valence-corrected chi connectivity index (χ3v) is 8.53. The van der Waals surface area contributed by atoms with Crippen LogP contribution in [0.4, 0.5) is 0 Å². The van der Waals surface area contributed by atoms with E-state index in [1.807, 2.05) is 20.8 Å². The van der Waals surface area contributed by atoms with Crippen LogP contribution in [0.3, 0.4) is 0 Å². The molecule has 2 fully saturated rings. The Morgan fingerprint density at radius 1 is 0.727 bits per heavy atom. The summed E-state index contributed by atoms with van der Waals surface area (Å²) in [6.45, 7) is 19.6. The molecule has 2 aliphatic rings. The quantitative estimate of drug-likeness (QED) is 0.118. The van der Waals surface area contributed by atoms with Gasteiger partial charge in [-0.25, -0.2) is 0 Å². The smallest absolute Gasteiger partial charge is 0.220 e. The van der Waals surface area contributed by atoms with Crippen LogP contribution in [-0.4, -0.2) is 93.5 Å². The average Bonchev–Trinajstić information content (AvgIpc) is 3.33. The second kappa shape index (κ2) is 21.9. The molecular formula is C35H67NO8. The first-order valence-corrected chi connectivity index (χ1v) is 18.0. The average molecular weight is 630 g/mol. The Bertz CT molecular complexity index is 752. The number of carbonyl (C=O) groups is 1. The van der Waals surface area contributed by atoms with Crippen LogP contribution < -0.4 is 5.32 Å². The molecule has 0 aromatic rings. The summed E-state index contributed by atoms with van der Waals surface area (Å²) in [4.78, 5) is 12.7. The maximum Gasteiger partial charge on any atom is 0.220 e. The molecule has 8 atom stereocenters. The predicted octanol–water partition coefficient (Wildman–Crippen LogP) is 6.73. The van der Waals surface area contributed by atoms with Gasteiger partial charge in [0.05, 0.1) is 24.9 Å². The number of hydrogen-bond donors (Lipinski definition) is 1. The molecule has 9 nitrogen and oxygen atoms in total. The van der Waals surface area contributed by atoms with Crippen molar-refractivity contribution in [1.29, 1.82) is 0 Å². The second-order valence-electron chi connectivity index (χ2n) is 12.9. The molecule has 0 radical (unpaired) electrons. The summed E-state index contributed by atoms with van der Waals surface area (Å²) < 4.78 is 45.5. The Morgan fingerprint density at radius 2 is 1.27 bits per heavy atom. The van der Waals surface area contributed by atoms with E-state index < -0.39 is 5.79 Å². The van der Waals surface area contributed by atoms with Gasteiger partial charge in [0.2, 0.25) is 5.91 Å². The van der Waals surface area contributed by atoms with Crippen LogP contribution in [-0.2, 0) is 38.0 Å².